The van der Waals surface area contributed by atoms with Gasteiger partial charge in [-0.1, -0.05) is 6.42 Å². The van der Waals surface area contributed by atoms with Gasteiger partial charge < -0.3 is 4.43 Å². The highest BCUT2D eigenvalue weighted by Gasteiger charge is 2.13. The molecular weight excluding hydrogens is 104 g/mol. The van der Waals surface area contributed by atoms with Crippen molar-refractivity contribution in [1.82, 2.24) is 0 Å². The molecule has 0 aromatic rings. The van der Waals surface area contributed by atoms with Crippen LogP contribution in [0.3, 0.4) is 0 Å². The fourth-order valence-corrected chi connectivity index (χ4v) is 0.530. The van der Waals surface area contributed by atoms with Crippen molar-refractivity contribution in [2.45, 2.75) is 19.6 Å². The first-order chi connectivity index (χ1) is 3.06. The zero-order valence-electron chi connectivity index (χ0n) is 4.99. The lowest BCUT2D eigenvalue weighted by Gasteiger charge is -2.10. The summed E-state index contributed by atoms with van der Waals surface area (Å²) in [5.74, 6) is 0. The van der Waals surface area contributed by atoms with Crippen LogP contribution in [-0.2, 0) is 4.43 Å². The van der Waals surface area contributed by atoms with E-state index in [9.17, 15) is 0 Å². The van der Waals surface area contributed by atoms with E-state index in [1.165, 1.54) is 0 Å². The van der Waals surface area contributed by atoms with Gasteiger partial charge in [-0.2, -0.15) is 0 Å². The molecule has 0 saturated heterocycles. The molecule has 0 saturated carbocycles. The first-order valence-corrected chi connectivity index (χ1v) is 5.61. The lowest BCUT2D eigenvalue weighted by atomic mass is 11.3. The van der Waals surface area contributed by atoms with Crippen LogP contribution in [0.1, 0.15) is 0 Å². The van der Waals surface area contributed by atoms with Crippen LogP contribution in [0.5, 0.6) is 0 Å². The van der Waals surface area contributed by atoms with Crippen molar-refractivity contribution in [3.63, 3.8) is 0 Å². The highest BCUT2D eigenvalue weighted by molar-refractivity contribution is 6.70. The van der Waals surface area contributed by atoms with Crippen LogP contribution in [0.15, 0.2) is 0 Å². The normalized spacial score (nSPS) is 10.0. The van der Waals surface area contributed by atoms with E-state index in [1.807, 2.05) is 19.6 Å². The molecule has 0 aliphatic carbocycles. The molecule has 0 aromatic heterocycles. The van der Waals surface area contributed by atoms with Gasteiger partial charge in [-0.15, -0.1) is 0 Å². The minimum absolute atomic E-state index is 1.39. The van der Waals surface area contributed by atoms with Crippen LogP contribution in [0.2, 0.25) is 19.6 Å². The summed E-state index contributed by atoms with van der Waals surface area (Å²) in [5.41, 5.74) is 0. The molecule has 0 heterocycles. The Morgan fingerprint density at radius 1 is 1.43 bits per heavy atom. The summed E-state index contributed by atoms with van der Waals surface area (Å²) in [7, 11) is -1.39. The van der Waals surface area contributed by atoms with E-state index < -0.39 is 8.32 Å². The van der Waals surface area contributed by atoms with E-state index in [0.717, 1.165) is 0 Å². The largest absolute Gasteiger partial charge is 0.501 e. The lowest BCUT2D eigenvalue weighted by molar-refractivity contribution is 0.520. The van der Waals surface area contributed by atoms with Gasteiger partial charge >= 0.3 is 0 Å². The Morgan fingerprint density at radius 2 is 1.86 bits per heavy atom. The van der Waals surface area contributed by atoms with Crippen LogP contribution in [0.4, 0.5) is 0 Å². The quantitative estimate of drug-likeness (QED) is 0.370. The molecule has 0 aromatic carbocycles. The van der Waals surface area contributed by atoms with Gasteiger partial charge in [0.1, 0.15) is 0 Å². The molecule has 0 N–H and O–H groups in total. The van der Waals surface area contributed by atoms with Gasteiger partial charge in [-0.25, -0.2) is 0 Å². The molecule has 7 heavy (non-hydrogen) atoms. The molecule has 0 amide bonds. The molecule has 0 radical (unpaired) electrons. The summed E-state index contributed by atoms with van der Waals surface area (Å²) >= 11 is 0. The summed E-state index contributed by atoms with van der Waals surface area (Å²) in [6, 6.07) is 0. The predicted molar refractivity (Wildman–Crippen MR) is 33.3 cm³/mol. The molecule has 0 fully saturated rings. The zero-order chi connectivity index (χ0) is 5.91. The Labute approximate surface area is 45.8 Å². The lowest BCUT2D eigenvalue weighted by Crippen LogP contribution is -2.21. The monoisotopic (exact) mass is 114 g/mol. The smallest absolute Gasteiger partial charge is 0.255 e. The third-order valence-electron chi connectivity index (χ3n) is 0.365. The number of terminal acetylenes is 1. The maximum absolute atomic E-state index is 4.90. The van der Waals surface area contributed by atoms with Gasteiger partial charge in [0.15, 0.2) is 0 Å². The van der Waals surface area contributed by atoms with Crippen molar-refractivity contribution in [3.8, 4) is 12.5 Å². The second-order valence-corrected chi connectivity index (χ2v) is 6.76. The average Bonchev–Trinajstić information content (AvgIpc) is 1.30. The second-order valence-electron chi connectivity index (χ2n) is 2.33. The summed E-state index contributed by atoms with van der Waals surface area (Å²) in [4.78, 5) is 0. The van der Waals surface area contributed by atoms with Crippen LogP contribution in [0.25, 0.3) is 0 Å². The second kappa shape index (κ2) is 2.03. The van der Waals surface area contributed by atoms with Crippen LogP contribution < -0.4 is 0 Å². The first-order valence-electron chi connectivity index (χ1n) is 2.20. The van der Waals surface area contributed by atoms with E-state index in [2.05, 4.69) is 6.11 Å². The standard InChI is InChI=1S/C5H10OSi/c1-5-6-7(2,3)4/h1H,2-4H3. The van der Waals surface area contributed by atoms with E-state index in [1.54, 1.807) is 0 Å². The van der Waals surface area contributed by atoms with Crippen LogP contribution in [0, 0.1) is 12.5 Å². The van der Waals surface area contributed by atoms with Gasteiger partial charge in [-0.05, 0) is 19.6 Å². The molecule has 0 spiro atoms. The van der Waals surface area contributed by atoms with Gasteiger partial charge in [-0.3, -0.25) is 0 Å². The highest BCUT2D eigenvalue weighted by Crippen LogP contribution is 1.99. The van der Waals surface area contributed by atoms with Crippen LogP contribution in [-0.4, -0.2) is 8.32 Å². The molecule has 2 heteroatoms. The van der Waals surface area contributed by atoms with Crippen molar-refractivity contribution >= 4 is 8.32 Å². The zero-order valence-corrected chi connectivity index (χ0v) is 5.99. The van der Waals surface area contributed by atoms with Gasteiger partial charge in [0.25, 0.3) is 8.32 Å². The Balaban J connectivity index is 3.40. The molecule has 0 atom stereocenters. The Bertz CT molecular complexity index is 85.2. The van der Waals surface area contributed by atoms with E-state index in [0.29, 0.717) is 0 Å². The topological polar surface area (TPSA) is 9.23 Å². The first kappa shape index (κ1) is 6.58. The number of hydrogen-bond donors (Lipinski definition) is 0. The maximum Gasteiger partial charge on any atom is 0.255 e. The predicted octanol–water partition coefficient (Wildman–Crippen LogP) is 1.43. The molecule has 0 aliphatic heterocycles. The SMILES string of the molecule is C#CO[Si](C)(C)C. The Morgan fingerprint density at radius 3 is 1.86 bits per heavy atom. The third kappa shape index (κ3) is 5.58. The molecule has 0 rings (SSSR count). The van der Waals surface area contributed by atoms with Gasteiger partial charge in [0, 0.05) is 0 Å². The minimum atomic E-state index is -1.39. The van der Waals surface area contributed by atoms with Crippen molar-refractivity contribution in [3.05, 3.63) is 0 Å². The average molecular weight is 114 g/mol. The molecule has 0 aliphatic rings. The number of hydrogen-bond acceptors (Lipinski definition) is 1. The van der Waals surface area contributed by atoms with Crippen molar-refractivity contribution in [2.75, 3.05) is 0 Å². The summed E-state index contributed by atoms with van der Waals surface area (Å²) < 4.78 is 4.90. The van der Waals surface area contributed by atoms with E-state index in [4.69, 9.17) is 10.8 Å². The molecule has 0 unspecified atom stereocenters. The fraction of sp³-hybridized carbons (Fsp3) is 0.600. The van der Waals surface area contributed by atoms with Crippen molar-refractivity contribution in [1.29, 1.82) is 0 Å². The van der Waals surface area contributed by atoms with E-state index in [-0.39, 0.29) is 0 Å². The Kier molecular flexibility index (Phi) is 1.91. The molecule has 1 nitrogen and oxygen atoms in total. The number of rotatable bonds is 1. The molecule has 0 bridgehead atoms. The molecule has 40 valence electrons. The van der Waals surface area contributed by atoms with Crippen LogP contribution >= 0.6 is 0 Å². The highest BCUT2D eigenvalue weighted by atomic mass is 28.4. The maximum atomic E-state index is 4.90. The summed E-state index contributed by atoms with van der Waals surface area (Å²) in [6.45, 7) is 6.15. The van der Waals surface area contributed by atoms with Crippen molar-refractivity contribution in [2.24, 2.45) is 0 Å². The fourth-order valence-electron chi connectivity index (χ4n) is 0.177. The Hall–Kier alpha value is -0.423. The van der Waals surface area contributed by atoms with Crippen molar-refractivity contribution < 1.29 is 4.43 Å². The third-order valence-corrected chi connectivity index (χ3v) is 1.10. The summed E-state index contributed by atoms with van der Waals surface area (Å²) in [6.07, 6.45) is 7.05. The minimum Gasteiger partial charge on any atom is -0.501 e. The van der Waals surface area contributed by atoms with E-state index >= 15 is 0 Å². The van der Waals surface area contributed by atoms with Gasteiger partial charge in [0.2, 0.25) is 0 Å². The van der Waals surface area contributed by atoms with Gasteiger partial charge in [0.05, 0.1) is 6.11 Å². The summed E-state index contributed by atoms with van der Waals surface area (Å²) in [5, 5.41) is 0. The molecular formula is C5H10OSi.